The molecular weight excluding hydrogens is 412 g/mol. The average molecular weight is 431 g/mol. The summed E-state index contributed by atoms with van der Waals surface area (Å²) < 4.78 is 12.3. The van der Waals surface area contributed by atoms with E-state index in [0.717, 1.165) is 5.56 Å². The van der Waals surface area contributed by atoms with Gasteiger partial charge in [0.25, 0.3) is 11.6 Å². The van der Waals surface area contributed by atoms with Crippen LogP contribution < -0.4 is 14.8 Å². The van der Waals surface area contributed by atoms with E-state index in [1.54, 1.807) is 36.5 Å². The number of nitrogens with one attached hydrogen (secondary N) is 1. The van der Waals surface area contributed by atoms with E-state index < -0.39 is 4.92 Å². The van der Waals surface area contributed by atoms with E-state index in [-0.39, 0.29) is 23.8 Å². The molecule has 2 aromatic carbocycles. The van der Waals surface area contributed by atoms with E-state index >= 15 is 0 Å². The van der Waals surface area contributed by atoms with Crippen LogP contribution in [0.4, 0.5) is 5.69 Å². The molecule has 9 nitrogen and oxygen atoms in total. The van der Waals surface area contributed by atoms with Crippen molar-refractivity contribution < 1.29 is 19.2 Å². The number of carbonyl (C=O) groups excluding carboxylic acids is 1. The van der Waals surface area contributed by atoms with Gasteiger partial charge in [0.05, 0.1) is 29.4 Å². The molecule has 0 saturated carbocycles. The fourth-order valence-electron chi connectivity index (χ4n) is 2.75. The third-order valence-corrected chi connectivity index (χ3v) is 4.46. The Balaban J connectivity index is 1.69. The number of ether oxygens (including phenoxy) is 2. The van der Waals surface area contributed by atoms with Gasteiger partial charge < -0.3 is 14.8 Å². The van der Waals surface area contributed by atoms with Crippen LogP contribution >= 0.6 is 11.6 Å². The molecule has 1 N–H and O–H groups in total. The number of benzene rings is 2. The lowest BCUT2D eigenvalue weighted by Gasteiger charge is -2.13. The number of hydrogen-bond acceptors (Lipinski definition) is 6. The Kier molecular flexibility index (Phi) is 6.53. The molecule has 0 aliphatic heterocycles. The SMILES string of the molecule is CCOc1c(Cl)cc(CNC(=O)c2ccn(-c3ccc([N+](=O)[O-])cc3)n2)cc1OC. The Hall–Kier alpha value is -3.59. The minimum atomic E-state index is -0.478. The highest BCUT2D eigenvalue weighted by Crippen LogP contribution is 2.36. The van der Waals surface area contributed by atoms with Crippen LogP contribution in [0, 0.1) is 10.1 Å². The molecule has 0 bridgehead atoms. The van der Waals surface area contributed by atoms with Crippen molar-refractivity contribution in [3.63, 3.8) is 0 Å². The number of halogens is 1. The van der Waals surface area contributed by atoms with E-state index in [9.17, 15) is 14.9 Å². The van der Waals surface area contributed by atoms with E-state index in [2.05, 4.69) is 10.4 Å². The topological polar surface area (TPSA) is 109 Å². The smallest absolute Gasteiger partial charge is 0.272 e. The minimum absolute atomic E-state index is 0.0201. The standard InChI is InChI=1S/C20H19ClN4O5/c1-3-30-19-16(21)10-13(11-18(19)29-2)12-22-20(26)17-8-9-24(23-17)14-4-6-15(7-5-14)25(27)28/h4-11H,3,12H2,1-2H3,(H,22,26). The second kappa shape index (κ2) is 9.27. The molecule has 30 heavy (non-hydrogen) atoms. The Morgan fingerprint density at radius 2 is 2.00 bits per heavy atom. The van der Waals surface area contributed by atoms with Crippen molar-refractivity contribution in [1.82, 2.24) is 15.1 Å². The molecule has 3 aromatic rings. The van der Waals surface area contributed by atoms with Crippen LogP contribution in [0.5, 0.6) is 11.5 Å². The van der Waals surface area contributed by atoms with Crippen molar-refractivity contribution in [2.45, 2.75) is 13.5 Å². The van der Waals surface area contributed by atoms with Crippen molar-refractivity contribution in [2.75, 3.05) is 13.7 Å². The van der Waals surface area contributed by atoms with Gasteiger partial charge in [-0.15, -0.1) is 0 Å². The summed E-state index contributed by atoms with van der Waals surface area (Å²) in [5, 5.41) is 18.1. The molecular formula is C20H19ClN4O5. The third-order valence-electron chi connectivity index (χ3n) is 4.18. The second-order valence-corrected chi connectivity index (χ2v) is 6.55. The maximum Gasteiger partial charge on any atom is 0.272 e. The minimum Gasteiger partial charge on any atom is -0.493 e. The van der Waals surface area contributed by atoms with Crippen LogP contribution in [0.25, 0.3) is 5.69 Å². The van der Waals surface area contributed by atoms with E-state index in [1.807, 2.05) is 6.92 Å². The number of hydrogen-bond donors (Lipinski definition) is 1. The lowest BCUT2D eigenvalue weighted by molar-refractivity contribution is -0.384. The van der Waals surface area contributed by atoms with Crippen LogP contribution in [-0.2, 0) is 6.54 Å². The zero-order valence-electron chi connectivity index (χ0n) is 16.3. The number of non-ortho nitro benzene ring substituents is 1. The molecule has 0 saturated heterocycles. The number of nitrogens with zero attached hydrogens (tertiary/aromatic N) is 3. The summed E-state index contributed by atoms with van der Waals surface area (Å²) >= 11 is 6.25. The molecule has 3 rings (SSSR count). The summed E-state index contributed by atoms with van der Waals surface area (Å²) in [7, 11) is 1.52. The van der Waals surface area contributed by atoms with Gasteiger partial charge in [0.2, 0.25) is 0 Å². The normalized spacial score (nSPS) is 10.5. The highest BCUT2D eigenvalue weighted by Gasteiger charge is 2.14. The van der Waals surface area contributed by atoms with Crippen LogP contribution in [0.3, 0.4) is 0 Å². The fourth-order valence-corrected chi connectivity index (χ4v) is 3.04. The summed E-state index contributed by atoms with van der Waals surface area (Å²) in [5.74, 6) is 0.564. The zero-order valence-corrected chi connectivity index (χ0v) is 17.0. The van der Waals surface area contributed by atoms with Gasteiger partial charge in [0.15, 0.2) is 17.2 Å². The molecule has 1 heterocycles. The van der Waals surface area contributed by atoms with E-state index in [1.165, 1.54) is 23.9 Å². The highest BCUT2D eigenvalue weighted by molar-refractivity contribution is 6.32. The van der Waals surface area contributed by atoms with Crippen molar-refractivity contribution >= 4 is 23.2 Å². The number of methoxy groups -OCH3 is 1. The first-order valence-electron chi connectivity index (χ1n) is 9.00. The molecule has 0 radical (unpaired) electrons. The Morgan fingerprint density at radius 3 is 2.63 bits per heavy atom. The van der Waals surface area contributed by atoms with Crippen LogP contribution in [0.1, 0.15) is 23.0 Å². The number of amides is 1. The average Bonchev–Trinajstić information content (AvgIpc) is 3.24. The monoisotopic (exact) mass is 430 g/mol. The molecule has 0 spiro atoms. The van der Waals surface area contributed by atoms with Crippen LogP contribution in [-0.4, -0.2) is 34.3 Å². The fraction of sp³-hybridized carbons (Fsp3) is 0.200. The molecule has 0 unspecified atom stereocenters. The van der Waals surface area contributed by atoms with Crippen molar-refractivity contribution in [3.8, 4) is 17.2 Å². The number of carbonyl (C=O) groups is 1. The second-order valence-electron chi connectivity index (χ2n) is 6.14. The number of nitro benzene ring substituents is 1. The number of rotatable bonds is 8. The maximum atomic E-state index is 12.4. The van der Waals surface area contributed by atoms with Crippen molar-refractivity contribution in [3.05, 3.63) is 75.1 Å². The Bertz CT molecular complexity index is 1070. The van der Waals surface area contributed by atoms with Gasteiger partial charge in [-0.25, -0.2) is 4.68 Å². The summed E-state index contributed by atoms with van der Waals surface area (Å²) in [4.78, 5) is 22.7. The van der Waals surface area contributed by atoms with Crippen LogP contribution in [0.15, 0.2) is 48.7 Å². The maximum absolute atomic E-state index is 12.4. The number of nitro groups is 1. The first kappa shape index (κ1) is 21.1. The van der Waals surface area contributed by atoms with Gasteiger partial charge in [-0.1, -0.05) is 11.6 Å². The Morgan fingerprint density at radius 1 is 1.27 bits per heavy atom. The van der Waals surface area contributed by atoms with Gasteiger partial charge in [0.1, 0.15) is 0 Å². The lowest BCUT2D eigenvalue weighted by atomic mass is 10.2. The summed E-state index contributed by atoms with van der Waals surface area (Å²) in [5.41, 5.74) is 1.52. The summed E-state index contributed by atoms with van der Waals surface area (Å²) in [6.45, 7) is 2.51. The van der Waals surface area contributed by atoms with Crippen molar-refractivity contribution in [2.24, 2.45) is 0 Å². The van der Waals surface area contributed by atoms with E-state index in [0.29, 0.717) is 28.8 Å². The van der Waals surface area contributed by atoms with E-state index in [4.69, 9.17) is 21.1 Å². The molecule has 156 valence electrons. The quantitative estimate of drug-likeness (QED) is 0.430. The largest absolute Gasteiger partial charge is 0.493 e. The molecule has 0 fully saturated rings. The summed E-state index contributed by atoms with van der Waals surface area (Å²) in [6.07, 6.45) is 1.60. The van der Waals surface area contributed by atoms with Gasteiger partial charge >= 0.3 is 0 Å². The van der Waals surface area contributed by atoms with Gasteiger partial charge in [-0.2, -0.15) is 5.10 Å². The predicted molar refractivity (Wildman–Crippen MR) is 111 cm³/mol. The molecule has 10 heteroatoms. The molecule has 0 aliphatic carbocycles. The molecule has 0 atom stereocenters. The summed E-state index contributed by atoms with van der Waals surface area (Å²) in [6, 6.07) is 10.9. The number of aromatic nitrogens is 2. The first-order chi connectivity index (χ1) is 14.4. The molecule has 1 amide bonds. The first-order valence-corrected chi connectivity index (χ1v) is 9.38. The Labute approximate surface area is 177 Å². The molecule has 0 aliphatic rings. The van der Waals surface area contributed by atoms with Crippen molar-refractivity contribution in [1.29, 1.82) is 0 Å². The highest BCUT2D eigenvalue weighted by atomic mass is 35.5. The predicted octanol–water partition coefficient (Wildman–Crippen LogP) is 3.77. The zero-order chi connectivity index (χ0) is 21.7. The van der Waals surface area contributed by atoms with Gasteiger partial charge in [0, 0.05) is 24.9 Å². The third kappa shape index (κ3) is 4.69. The van der Waals surface area contributed by atoms with Gasteiger partial charge in [-0.3, -0.25) is 14.9 Å². The molecule has 1 aromatic heterocycles. The van der Waals surface area contributed by atoms with Crippen LogP contribution in [0.2, 0.25) is 5.02 Å². The lowest BCUT2D eigenvalue weighted by Crippen LogP contribution is -2.23. The van der Waals surface area contributed by atoms with Gasteiger partial charge in [-0.05, 0) is 42.8 Å².